The summed E-state index contributed by atoms with van der Waals surface area (Å²) < 4.78 is 5.25. The van der Waals surface area contributed by atoms with Crippen LogP contribution in [0.4, 0.5) is 4.79 Å². The summed E-state index contributed by atoms with van der Waals surface area (Å²) in [5.41, 5.74) is 3.91. The molecule has 1 heterocycles. The molecule has 0 bridgehead atoms. The van der Waals surface area contributed by atoms with E-state index in [1.807, 2.05) is 78.9 Å². The Balaban J connectivity index is 1.32. The number of aromatic nitrogens is 1. The van der Waals surface area contributed by atoms with Crippen molar-refractivity contribution < 1.29 is 28.7 Å². The molecule has 5 aromatic rings. The second-order valence-electron chi connectivity index (χ2n) is 11.8. The second-order valence-corrected chi connectivity index (χ2v) is 11.8. The van der Waals surface area contributed by atoms with E-state index in [1.54, 1.807) is 42.6 Å². The van der Waals surface area contributed by atoms with E-state index in [9.17, 15) is 24.0 Å². The van der Waals surface area contributed by atoms with Gasteiger partial charge >= 0.3 is 6.09 Å². The monoisotopic (exact) mass is 673 g/mol. The van der Waals surface area contributed by atoms with Crippen LogP contribution in [0.5, 0.6) is 0 Å². The van der Waals surface area contributed by atoms with Crippen LogP contribution in [0.15, 0.2) is 121 Å². The molecule has 0 spiro atoms. The minimum atomic E-state index is -1.23. The minimum Gasteiger partial charge on any atom is -0.445 e. The average molecular weight is 674 g/mol. The molecular weight excluding hydrogens is 634 g/mol. The van der Waals surface area contributed by atoms with E-state index in [1.165, 1.54) is 6.92 Å². The van der Waals surface area contributed by atoms with Gasteiger partial charge in [0.2, 0.25) is 17.6 Å². The normalized spacial score (nSPS) is 12.6. The number of carbonyl (C=O) groups excluding carboxylic acids is 5. The van der Waals surface area contributed by atoms with Crippen molar-refractivity contribution in [2.75, 3.05) is 0 Å². The Morgan fingerprint density at radius 3 is 1.90 bits per heavy atom. The van der Waals surface area contributed by atoms with Crippen LogP contribution in [0.3, 0.4) is 0 Å². The van der Waals surface area contributed by atoms with Gasteiger partial charge in [-0.1, -0.05) is 109 Å². The van der Waals surface area contributed by atoms with Gasteiger partial charge in [-0.3, -0.25) is 19.2 Å². The lowest BCUT2D eigenvalue weighted by atomic mass is 9.99. The number of rotatable bonds is 15. The van der Waals surface area contributed by atoms with Crippen molar-refractivity contribution in [3.63, 3.8) is 0 Å². The Labute approximate surface area is 289 Å². The highest BCUT2D eigenvalue weighted by Crippen LogP contribution is 2.19. The molecule has 0 saturated heterocycles. The van der Waals surface area contributed by atoms with Gasteiger partial charge in [0, 0.05) is 36.5 Å². The van der Waals surface area contributed by atoms with Crippen molar-refractivity contribution in [1.29, 1.82) is 0 Å². The lowest BCUT2D eigenvalue weighted by Crippen LogP contribution is -2.57. The van der Waals surface area contributed by atoms with Crippen LogP contribution in [0.25, 0.3) is 10.9 Å². The SMILES string of the molecule is C[C@H](NC(=O)OCc1ccccc1)C(=O)N[C@@H](Cc1c[nH]c2ccccc12)C(=O)N[C@@H](Cc1ccccc1)C(=O)C(=O)NCc1ccccc1. The lowest BCUT2D eigenvalue weighted by molar-refractivity contribution is -0.140. The Morgan fingerprint density at radius 1 is 0.640 bits per heavy atom. The van der Waals surface area contributed by atoms with Gasteiger partial charge in [-0.25, -0.2) is 4.79 Å². The molecule has 256 valence electrons. The third-order valence-corrected chi connectivity index (χ3v) is 8.11. The van der Waals surface area contributed by atoms with Crippen LogP contribution in [0.1, 0.15) is 29.2 Å². The van der Waals surface area contributed by atoms with Gasteiger partial charge in [-0.05, 0) is 35.2 Å². The number of alkyl carbamates (subject to hydrolysis) is 1. The van der Waals surface area contributed by atoms with Gasteiger partial charge in [-0.2, -0.15) is 0 Å². The maximum Gasteiger partial charge on any atom is 0.408 e. The van der Waals surface area contributed by atoms with Crippen molar-refractivity contribution in [2.45, 2.75) is 51.0 Å². The molecule has 0 fully saturated rings. The van der Waals surface area contributed by atoms with Gasteiger partial charge in [0.05, 0.1) is 0 Å². The van der Waals surface area contributed by atoms with E-state index in [0.29, 0.717) is 0 Å². The number of fused-ring (bicyclic) bond motifs is 1. The maximum atomic E-state index is 14.0. The van der Waals surface area contributed by atoms with E-state index in [4.69, 9.17) is 4.74 Å². The largest absolute Gasteiger partial charge is 0.445 e. The third-order valence-electron chi connectivity index (χ3n) is 8.11. The number of H-pyrrole nitrogens is 1. The van der Waals surface area contributed by atoms with Gasteiger partial charge < -0.3 is 31.0 Å². The van der Waals surface area contributed by atoms with E-state index >= 15 is 0 Å². The Kier molecular flexibility index (Phi) is 12.1. The van der Waals surface area contributed by atoms with Crippen molar-refractivity contribution in [2.24, 2.45) is 0 Å². The number of nitrogens with one attached hydrogen (secondary N) is 5. The molecule has 0 aliphatic rings. The lowest BCUT2D eigenvalue weighted by Gasteiger charge is -2.24. The second kappa shape index (κ2) is 17.3. The van der Waals surface area contributed by atoms with E-state index in [-0.39, 0.29) is 26.0 Å². The number of ketones is 1. The number of ether oxygens (including phenoxy) is 1. The van der Waals surface area contributed by atoms with Crippen LogP contribution in [0, 0.1) is 0 Å². The topological polar surface area (TPSA) is 158 Å². The van der Waals surface area contributed by atoms with Gasteiger partial charge in [0.15, 0.2) is 0 Å². The van der Waals surface area contributed by atoms with Crippen LogP contribution in [0.2, 0.25) is 0 Å². The number of carbonyl (C=O) groups is 5. The van der Waals surface area contributed by atoms with E-state index < -0.39 is 47.7 Å². The smallest absolute Gasteiger partial charge is 0.408 e. The minimum absolute atomic E-state index is 0.0162. The molecule has 4 aromatic carbocycles. The number of aromatic amines is 1. The molecule has 0 unspecified atom stereocenters. The van der Waals surface area contributed by atoms with E-state index in [0.717, 1.165) is 33.2 Å². The molecule has 0 aliphatic carbocycles. The Morgan fingerprint density at radius 2 is 1.22 bits per heavy atom. The summed E-state index contributed by atoms with van der Waals surface area (Å²) in [6.45, 7) is 1.62. The van der Waals surface area contributed by atoms with Crippen LogP contribution >= 0.6 is 0 Å². The first-order valence-corrected chi connectivity index (χ1v) is 16.3. The molecule has 1 aromatic heterocycles. The van der Waals surface area contributed by atoms with E-state index in [2.05, 4.69) is 26.3 Å². The number of Topliss-reactive ketones (excluding diaryl/α,β-unsaturated/α-hetero) is 1. The van der Waals surface area contributed by atoms with Crippen LogP contribution in [-0.2, 0) is 49.9 Å². The molecule has 0 saturated carbocycles. The molecule has 5 N–H and O–H groups in total. The number of para-hydroxylation sites is 1. The standard InChI is InChI=1S/C39H39N5O6/c1-26(42-39(49)50-25-29-17-9-4-10-18-29)36(46)44-34(22-30-24-40-32-20-12-11-19-31(30)32)37(47)43-33(21-27-13-5-2-6-14-27)35(45)38(48)41-23-28-15-7-3-8-16-28/h2-20,24,26,33-34,40H,21-23,25H2,1H3,(H,41,48)(H,42,49)(H,43,47)(H,44,46)/t26-,33-,34-/m0/s1. The Hall–Kier alpha value is -6.23. The Bertz CT molecular complexity index is 1910. The molecule has 3 atom stereocenters. The molecular formula is C39H39N5O6. The summed E-state index contributed by atoms with van der Waals surface area (Å²) in [4.78, 5) is 69.7. The number of amides is 4. The first-order chi connectivity index (χ1) is 24.3. The predicted octanol–water partition coefficient (Wildman–Crippen LogP) is 4.12. The van der Waals surface area contributed by atoms with Crippen molar-refractivity contribution in [1.82, 2.24) is 26.3 Å². The molecule has 50 heavy (non-hydrogen) atoms. The molecule has 11 heteroatoms. The van der Waals surface area contributed by atoms with Crippen molar-refractivity contribution in [3.8, 4) is 0 Å². The summed E-state index contributed by atoms with van der Waals surface area (Å²) in [5, 5.41) is 11.5. The highest BCUT2D eigenvalue weighted by molar-refractivity contribution is 6.38. The average Bonchev–Trinajstić information content (AvgIpc) is 3.55. The van der Waals surface area contributed by atoms with Gasteiger partial charge in [-0.15, -0.1) is 0 Å². The number of benzene rings is 4. The van der Waals surface area contributed by atoms with Crippen LogP contribution in [-0.4, -0.2) is 52.7 Å². The van der Waals surface area contributed by atoms with Crippen molar-refractivity contribution in [3.05, 3.63) is 144 Å². The highest BCUT2D eigenvalue weighted by atomic mass is 16.5. The van der Waals surface area contributed by atoms with Crippen molar-refractivity contribution >= 4 is 40.5 Å². The number of hydrogen-bond donors (Lipinski definition) is 5. The molecule has 4 amide bonds. The van der Waals surface area contributed by atoms with Crippen LogP contribution < -0.4 is 21.3 Å². The summed E-state index contributed by atoms with van der Waals surface area (Å²) in [6.07, 6.45) is 1.05. The summed E-state index contributed by atoms with van der Waals surface area (Å²) in [6, 6.07) is 31.3. The summed E-state index contributed by atoms with van der Waals surface area (Å²) in [5.74, 6) is -2.99. The zero-order chi connectivity index (χ0) is 35.3. The zero-order valence-electron chi connectivity index (χ0n) is 27.6. The number of hydrogen-bond acceptors (Lipinski definition) is 6. The maximum absolute atomic E-state index is 14.0. The molecule has 5 rings (SSSR count). The fourth-order valence-electron chi connectivity index (χ4n) is 5.39. The quantitative estimate of drug-likeness (QED) is 0.105. The summed E-state index contributed by atoms with van der Waals surface area (Å²) >= 11 is 0. The van der Waals surface area contributed by atoms with Gasteiger partial charge in [0.1, 0.15) is 24.7 Å². The molecule has 0 radical (unpaired) electrons. The first kappa shape index (κ1) is 35.1. The fourth-order valence-corrected chi connectivity index (χ4v) is 5.39. The highest BCUT2D eigenvalue weighted by Gasteiger charge is 2.32. The van der Waals surface area contributed by atoms with Gasteiger partial charge in [0.25, 0.3) is 5.91 Å². The first-order valence-electron chi connectivity index (χ1n) is 16.3. The fraction of sp³-hybridized carbons (Fsp3) is 0.205. The molecule has 0 aliphatic heterocycles. The molecule has 11 nitrogen and oxygen atoms in total. The zero-order valence-corrected chi connectivity index (χ0v) is 27.6. The predicted molar refractivity (Wildman–Crippen MR) is 189 cm³/mol. The third kappa shape index (κ3) is 9.89. The summed E-state index contributed by atoms with van der Waals surface area (Å²) in [7, 11) is 0.